The van der Waals surface area contributed by atoms with Crippen molar-refractivity contribution in [1.29, 1.82) is 0 Å². The highest BCUT2D eigenvalue weighted by Crippen LogP contribution is 2.17. The second-order valence-corrected chi connectivity index (χ2v) is 5.25. The standard InChI is InChI=1S/C14H24N2O2/c1-18-11-12-6-8-16(9-7-12)14(17)10-15-13-4-2-3-5-13/h6,13,15H,2-5,7-11H2,1H3. The van der Waals surface area contributed by atoms with Crippen LogP contribution in [0.1, 0.15) is 32.1 Å². The van der Waals surface area contributed by atoms with Gasteiger partial charge in [0.05, 0.1) is 13.2 Å². The van der Waals surface area contributed by atoms with Gasteiger partial charge in [-0.2, -0.15) is 0 Å². The van der Waals surface area contributed by atoms with Crippen molar-refractivity contribution in [3.8, 4) is 0 Å². The fraction of sp³-hybridized carbons (Fsp3) is 0.786. The first-order valence-corrected chi connectivity index (χ1v) is 6.97. The zero-order chi connectivity index (χ0) is 12.8. The van der Waals surface area contributed by atoms with Crippen LogP contribution in [0.2, 0.25) is 0 Å². The molecule has 0 aromatic heterocycles. The zero-order valence-electron chi connectivity index (χ0n) is 11.3. The molecule has 0 spiro atoms. The van der Waals surface area contributed by atoms with Gasteiger partial charge in [-0.15, -0.1) is 0 Å². The molecule has 1 amide bonds. The number of amides is 1. The summed E-state index contributed by atoms with van der Waals surface area (Å²) in [4.78, 5) is 14.0. The van der Waals surface area contributed by atoms with Crippen molar-refractivity contribution in [2.45, 2.75) is 38.1 Å². The molecule has 4 nitrogen and oxygen atoms in total. The van der Waals surface area contributed by atoms with Crippen LogP contribution in [0.4, 0.5) is 0 Å². The second kappa shape index (κ2) is 6.90. The molecule has 0 saturated heterocycles. The molecular weight excluding hydrogens is 228 g/mol. The van der Waals surface area contributed by atoms with Crippen LogP contribution >= 0.6 is 0 Å². The molecule has 1 saturated carbocycles. The van der Waals surface area contributed by atoms with Gasteiger partial charge in [0.15, 0.2) is 0 Å². The zero-order valence-corrected chi connectivity index (χ0v) is 11.3. The van der Waals surface area contributed by atoms with Crippen LogP contribution in [-0.2, 0) is 9.53 Å². The second-order valence-electron chi connectivity index (χ2n) is 5.25. The third-order valence-electron chi connectivity index (χ3n) is 3.88. The first kappa shape index (κ1) is 13.6. The summed E-state index contributed by atoms with van der Waals surface area (Å²) in [5.74, 6) is 0.231. The number of hydrogen-bond donors (Lipinski definition) is 1. The summed E-state index contributed by atoms with van der Waals surface area (Å²) in [5.41, 5.74) is 1.31. The van der Waals surface area contributed by atoms with E-state index >= 15 is 0 Å². The molecule has 0 aromatic rings. The van der Waals surface area contributed by atoms with Crippen LogP contribution in [0.3, 0.4) is 0 Å². The maximum Gasteiger partial charge on any atom is 0.236 e. The quantitative estimate of drug-likeness (QED) is 0.750. The average molecular weight is 252 g/mol. The van der Waals surface area contributed by atoms with E-state index in [2.05, 4.69) is 11.4 Å². The van der Waals surface area contributed by atoms with Crippen LogP contribution in [0.5, 0.6) is 0 Å². The molecule has 18 heavy (non-hydrogen) atoms. The minimum absolute atomic E-state index is 0.231. The number of nitrogens with zero attached hydrogens (tertiary/aromatic N) is 1. The van der Waals surface area contributed by atoms with E-state index in [1.165, 1.54) is 31.3 Å². The van der Waals surface area contributed by atoms with E-state index in [9.17, 15) is 4.79 Å². The van der Waals surface area contributed by atoms with Gasteiger partial charge in [0, 0.05) is 26.2 Å². The molecule has 1 heterocycles. The molecule has 1 aliphatic carbocycles. The number of nitrogens with one attached hydrogen (secondary N) is 1. The monoisotopic (exact) mass is 252 g/mol. The van der Waals surface area contributed by atoms with E-state index in [4.69, 9.17) is 4.74 Å². The van der Waals surface area contributed by atoms with E-state index in [1.807, 2.05) is 4.90 Å². The summed E-state index contributed by atoms with van der Waals surface area (Å²) < 4.78 is 5.11. The Balaban J connectivity index is 1.70. The highest BCUT2D eigenvalue weighted by atomic mass is 16.5. The fourth-order valence-electron chi connectivity index (χ4n) is 2.73. The Morgan fingerprint density at radius 2 is 2.28 bits per heavy atom. The van der Waals surface area contributed by atoms with Crippen LogP contribution in [0.25, 0.3) is 0 Å². The summed E-state index contributed by atoms with van der Waals surface area (Å²) in [6, 6.07) is 0.568. The van der Waals surface area contributed by atoms with Crippen molar-refractivity contribution in [3.63, 3.8) is 0 Å². The van der Waals surface area contributed by atoms with E-state index in [0.29, 0.717) is 19.2 Å². The van der Waals surface area contributed by atoms with Crippen molar-refractivity contribution in [2.24, 2.45) is 0 Å². The molecule has 0 unspecified atom stereocenters. The van der Waals surface area contributed by atoms with E-state index in [0.717, 1.165) is 19.5 Å². The third-order valence-corrected chi connectivity index (χ3v) is 3.88. The first-order valence-electron chi connectivity index (χ1n) is 6.97. The van der Waals surface area contributed by atoms with Crippen LogP contribution < -0.4 is 5.32 Å². The Morgan fingerprint density at radius 3 is 2.89 bits per heavy atom. The van der Waals surface area contributed by atoms with Crippen LogP contribution in [0.15, 0.2) is 11.6 Å². The maximum atomic E-state index is 12.0. The van der Waals surface area contributed by atoms with Gasteiger partial charge in [0.1, 0.15) is 0 Å². The van der Waals surface area contributed by atoms with Gasteiger partial charge < -0.3 is 15.0 Å². The molecule has 0 atom stereocenters. The van der Waals surface area contributed by atoms with Crippen molar-refractivity contribution in [1.82, 2.24) is 10.2 Å². The maximum absolute atomic E-state index is 12.0. The molecule has 4 heteroatoms. The SMILES string of the molecule is COCC1=CCN(C(=O)CNC2CCCC2)CC1. The molecule has 0 bridgehead atoms. The van der Waals surface area contributed by atoms with Gasteiger partial charge in [-0.25, -0.2) is 0 Å². The van der Waals surface area contributed by atoms with Gasteiger partial charge >= 0.3 is 0 Å². The molecule has 102 valence electrons. The Kier molecular flexibility index (Phi) is 5.20. The molecule has 1 N–H and O–H groups in total. The molecule has 2 rings (SSSR count). The normalized spacial score (nSPS) is 21.2. The van der Waals surface area contributed by atoms with Gasteiger partial charge in [-0.05, 0) is 24.8 Å². The van der Waals surface area contributed by atoms with Gasteiger partial charge in [0.2, 0.25) is 5.91 Å². The molecular formula is C14H24N2O2. The van der Waals surface area contributed by atoms with E-state index < -0.39 is 0 Å². The predicted octanol–water partition coefficient (Wildman–Crippen LogP) is 1.32. The highest BCUT2D eigenvalue weighted by Gasteiger charge is 2.19. The Bertz CT molecular complexity index is 309. The van der Waals surface area contributed by atoms with Crippen molar-refractivity contribution in [2.75, 3.05) is 33.4 Å². The lowest BCUT2D eigenvalue weighted by Crippen LogP contribution is -2.42. The minimum atomic E-state index is 0.231. The number of hydrogen-bond acceptors (Lipinski definition) is 3. The van der Waals surface area contributed by atoms with Gasteiger partial charge in [0.25, 0.3) is 0 Å². The number of ether oxygens (including phenoxy) is 1. The first-order chi connectivity index (χ1) is 8.79. The molecule has 0 radical (unpaired) electrons. The summed E-state index contributed by atoms with van der Waals surface area (Å²) in [6.45, 7) is 2.77. The Labute approximate surface area is 109 Å². The smallest absolute Gasteiger partial charge is 0.236 e. The van der Waals surface area contributed by atoms with E-state index in [1.54, 1.807) is 7.11 Å². The number of rotatable bonds is 5. The van der Waals surface area contributed by atoms with Gasteiger partial charge in [-0.1, -0.05) is 18.9 Å². The van der Waals surface area contributed by atoms with Crippen LogP contribution in [-0.4, -0.2) is 50.2 Å². The van der Waals surface area contributed by atoms with Crippen molar-refractivity contribution in [3.05, 3.63) is 11.6 Å². The summed E-state index contributed by atoms with van der Waals surface area (Å²) >= 11 is 0. The van der Waals surface area contributed by atoms with E-state index in [-0.39, 0.29) is 5.91 Å². The lowest BCUT2D eigenvalue weighted by atomic mass is 10.1. The van der Waals surface area contributed by atoms with Crippen LogP contribution in [0, 0.1) is 0 Å². The lowest BCUT2D eigenvalue weighted by Gasteiger charge is -2.27. The fourth-order valence-corrected chi connectivity index (χ4v) is 2.73. The van der Waals surface area contributed by atoms with Gasteiger partial charge in [-0.3, -0.25) is 4.79 Å². The molecule has 0 aromatic carbocycles. The summed E-state index contributed by atoms with van der Waals surface area (Å²) in [6.07, 6.45) is 8.14. The predicted molar refractivity (Wildman–Crippen MR) is 71.4 cm³/mol. The van der Waals surface area contributed by atoms with Crippen molar-refractivity contribution < 1.29 is 9.53 Å². The largest absolute Gasteiger partial charge is 0.380 e. The minimum Gasteiger partial charge on any atom is -0.380 e. The lowest BCUT2D eigenvalue weighted by molar-refractivity contribution is -0.130. The summed E-state index contributed by atoms with van der Waals surface area (Å²) in [5, 5.41) is 3.38. The highest BCUT2D eigenvalue weighted by molar-refractivity contribution is 5.78. The number of methoxy groups -OCH3 is 1. The average Bonchev–Trinajstić information content (AvgIpc) is 2.90. The third kappa shape index (κ3) is 3.82. The van der Waals surface area contributed by atoms with Crippen molar-refractivity contribution >= 4 is 5.91 Å². The number of carbonyl (C=O) groups excluding carboxylic acids is 1. The Morgan fingerprint density at radius 1 is 1.50 bits per heavy atom. The summed E-state index contributed by atoms with van der Waals surface area (Å²) in [7, 11) is 1.71. The molecule has 2 aliphatic rings. The topological polar surface area (TPSA) is 41.6 Å². The molecule has 1 aliphatic heterocycles. The Hall–Kier alpha value is -0.870. The number of carbonyl (C=O) groups is 1. The molecule has 1 fully saturated rings.